The van der Waals surface area contributed by atoms with Crippen molar-refractivity contribution in [3.05, 3.63) is 114 Å². The molecule has 0 bridgehead atoms. The van der Waals surface area contributed by atoms with Crippen molar-refractivity contribution in [1.29, 1.82) is 0 Å². The number of fused-ring (bicyclic) bond motifs is 2. The number of ether oxygens (including phenoxy) is 3. The Labute approximate surface area is 274 Å². The third-order valence-corrected chi connectivity index (χ3v) is 9.03. The molecule has 0 spiro atoms. The molecular weight excluding hydrogens is 708 g/mol. The van der Waals surface area contributed by atoms with Gasteiger partial charge in [0, 0.05) is 20.1 Å². The minimum Gasteiger partial charge on any atom is -0.394 e. The molecule has 2 fully saturated rings. The molecule has 10 nitrogen and oxygen atoms in total. The normalized spacial score (nSPS) is 22.2. The number of hydrogen-bond donors (Lipinski definition) is 1. The van der Waals surface area contributed by atoms with E-state index in [9.17, 15) is 14.7 Å². The van der Waals surface area contributed by atoms with Crippen LogP contribution in [0.15, 0.2) is 97.4 Å². The molecule has 2 saturated heterocycles. The van der Waals surface area contributed by atoms with Gasteiger partial charge >= 0.3 is 5.69 Å². The summed E-state index contributed by atoms with van der Waals surface area (Å²) in [5.41, 5.74) is 2.00. The first kappa shape index (κ1) is 30.2. The Morgan fingerprint density at radius 1 is 0.822 bits per heavy atom. The number of rotatable bonds is 6. The lowest BCUT2D eigenvalue weighted by molar-refractivity contribution is -0.200. The average molecular weight is 736 g/mol. The first-order chi connectivity index (χ1) is 21.6. The highest BCUT2D eigenvalue weighted by molar-refractivity contribution is 9.10. The van der Waals surface area contributed by atoms with Crippen LogP contribution in [0, 0.1) is 0 Å². The molecule has 4 atom stereocenters. The van der Waals surface area contributed by atoms with E-state index in [2.05, 4.69) is 31.9 Å². The largest absolute Gasteiger partial charge is 0.394 e. The van der Waals surface area contributed by atoms with E-state index in [0.29, 0.717) is 11.4 Å². The molecule has 0 amide bonds. The highest BCUT2D eigenvalue weighted by Gasteiger charge is 2.56. The fraction of sp³-hybridized carbons (Fsp3) is 0.273. The van der Waals surface area contributed by atoms with E-state index in [1.165, 1.54) is 4.57 Å². The Morgan fingerprint density at radius 3 is 2.00 bits per heavy atom. The van der Waals surface area contributed by atoms with E-state index in [4.69, 9.17) is 24.2 Å². The predicted octanol–water partition coefficient (Wildman–Crippen LogP) is 5.27. The van der Waals surface area contributed by atoms with Crippen LogP contribution >= 0.6 is 31.9 Å². The van der Waals surface area contributed by atoms with Gasteiger partial charge in [0.05, 0.1) is 24.5 Å². The van der Waals surface area contributed by atoms with Crippen LogP contribution in [0.3, 0.4) is 0 Å². The van der Waals surface area contributed by atoms with Crippen LogP contribution in [0.5, 0.6) is 0 Å². The van der Waals surface area contributed by atoms with Gasteiger partial charge in [-0.1, -0.05) is 86.5 Å². The summed E-state index contributed by atoms with van der Waals surface area (Å²) in [5.74, 6) is -0.980. The molecule has 0 radical (unpaired) electrons. The summed E-state index contributed by atoms with van der Waals surface area (Å²) in [4.78, 5) is 38.6. The maximum absolute atomic E-state index is 14.4. The summed E-state index contributed by atoms with van der Waals surface area (Å²) < 4.78 is 22.8. The minimum atomic E-state index is -1.06. The Morgan fingerprint density at radius 2 is 1.40 bits per heavy atom. The molecule has 3 aromatic carbocycles. The molecule has 1 N–H and O–H groups in total. The van der Waals surface area contributed by atoms with E-state index < -0.39 is 41.6 Å². The van der Waals surface area contributed by atoms with Crippen molar-refractivity contribution in [2.45, 2.75) is 50.7 Å². The van der Waals surface area contributed by atoms with E-state index >= 15 is 0 Å². The van der Waals surface area contributed by atoms with Crippen molar-refractivity contribution >= 4 is 43.0 Å². The van der Waals surface area contributed by atoms with Crippen molar-refractivity contribution in [3.8, 4) is 22.5 Å². The third-order valence-electron chi connectivity index (χ3n) is 7.97. The van der Waals surface area contributed by atoms with Crippen LogP contribution in [-0.4, -0.2) is 54.9 Å². The molecule has 5 aromatic rings. The second-order valence-electron chi connectivity index (χ2n) is 11.4. The topological polar surface area (TPSA) is 118 Å². The van der Waals surface area contributed by atoms with Crippen LogP contribution in [0.4, 0.5) is 0 Å². The lowest BCUT2D eigenvalue weighted by Crippen LogP contribution is -2.45. The third kappa shape index (κ3) is 5.49. The smallest absolute Gasteiger partial charge is 0.335 e. The Kier molecular flexibility index (Phi) is 7.83. The predicted molar refractivity (Wildman–Crippen MR) is 175 cm³/mol. The van der Waals surface area contributed by atoms with Crippen molar-refractivity contribution in [3.63, 3.8) is 0 Å². The van der Waals surface area contributed by atoms with Crippen LogP contribution in [0.25, 0.3) is 33.7 Å². The monoisotopic (exact) mass is 734 g/mol. The summed E-state index contributed by atoms with van der Waals surface area (Å²) in [5, 5.41) is 10.2. The van der Waals surface area contributed by atoms with Gasteiger partial charge in [0.15, 0.2) is 23.2 Å². The quantitative estimate of drug-likeness (QED) is 0.251. The SMILES string of the molecule is CC1(C)O[C@@H]2[C@H](O1)[C@@H](CO)O[C@H]2n1c(=O)n(Cc2ccccc2)c(=O)c2nc(-c3ccc(Br)cc3)c(-c3ccc(Br)cc3)nc21. The summed E-state index contributed by atoms with van der Waals surface area (Å²) in [6.45, 7) is 3.19. The van der Waals surface area contributed by atoms with Crippen LogP contribution < -0.4 is 11.2 Å². The van der Waals surface area contributed by atoms with Gasteiger partial charge in [-0.2, -0.15) is 0 Å². The second kappa shape index (κ2) is 11.7. The minimum absolute atomic E-state index is 0.00455. The molecule has 12 heteroatoms. The Balaban J connectivity index is 1.54. The molecule has 2 aromatic heterocycles. The van der Waals surface area contributed by atoms with Crippen molar-refractivity contribution in [1.82, 2.24) is 19.1 Å². The summed E-state index contributed by atoms with van der Waals surface area (Å²) in [6.07, 6.45) is -3.23. The van der Waals surface area contributed by atoms with Crippen LogP contribution in [-0.2, 0) is 20.8 Å². The zero-order chi connectivity index (χ0) is 31.5. The number of nitrogens with zero attached hydrogens (tertiary/aromatic N) is 4. The summed E-state index contributed by atoms with van der Waals surface area (Å²) in [7, 11) is 0. The molecule has 0 aliphatic carbocycles. The average Bonchev–Trinajstić information content (AvgIpc) is 3.53. The zero-order valence-corrected chi connectivity index (χ0v) is 27.4. The molecule has 230 valence electrons. The van der Waals surface area contributed by atoms with Gasteiger partial charge in [-0.3, -0.25) is 9.36 Å². The Hall–Kier alpha value is -3.52. The molecular formula is C33H28Br2N4O6. The second-order valence-corrected chi connectivity index (χ2v) is 13.3. The molecule has 4 heterocycles. The van der Waals surface area contributed by atoms with Gasteiger partial charge in [0.2, 0.25) is 0 Å². The summed E-state index contributed by atoms with van der Waals surface area (Å²) in [6, 6.07) is 24.4. The number of aromatic nitrogens is 4. The number of hydrogen-bond acceptors (Lipinski definition) is 8. The van der Waals surface area contributed by atoms with Gasteiger partial charge in [-0.05, 0) is 43.7 Å². The number of aliphatic hydroxyl groups excluding tert-OH is 1. The number of aliphatic hydroxyl groups is 1. The van der Waals surface area contributed by atoms with E-state index in [0.717, 1.165) is 30.2 Å². The van der Waals surface area contributed by atoms with E-state index in [-0.39, 0.29) is 24.3 Å². The molecule has 7 rings (SSSR count). The van der Waals surface area contributed by atoms with E-state index in [1.807, 2.05) is 78.9 Å². The zero-order valence-electron chi connectivity index (χ0n) is 24.3. The summed E-state index contributed by atoms with van der Waals surface area (Å²) >= 11 is 6.99. The lowest BCUT2D eigenvalue weighted by Gasteiger charge is -2.25. The molecule has 2 aliphatic heterocycles. The van der Waals surface area contributed by atoms with Crippen molar-refractivity contribution in [2.24, 2.45) is 0 Å². The molecule has 45 heavy (non-hydrogen) atoms. The first-order valence-corrected chi connectivity index (χ1v) is 16.0. The molecule has 0 unspecified atom stereocenters. The lowest BCUT2D eigenvalue weighted by atomic mass is 10.0. The van der Waals surface area contributed by atoms with E-state index in [1.54, 1.807) is 13.8 Å². The van der Waals surface area contributed by atoms with Crippen LogP contribution in [0.2, 0.25) is 0 Å². The fourth-order valence-electron chi connectivity index (χ4n) is 5.94. The number of halogens is 2. The van der Waals surface area contributed by atoms with Gasteiger partial charge < -0.3 is 19.3 Å². The van der Waals surface area contributed by atoms with Crippen molar-refractivity contribution in [2.75, 3.05) is 6.61 Å². The maximum atomic E-state index is 14.4. The highest BCUT2D eigenvalue weighted by Crippen LogP contribution is 2.43. The van der Waals surface area contributed by atoms with Gasteiger partial charge in [-0.25, -0.2) is 19.3 Å². The van der Waals surface area contributed by atoms with Gasteiger partial charge in [0.25, 0.3) is 5.56 Å². The van der Waals surface area contributed by atoms with Crippen molar-refractivity contribution < 1.29 is 19.3 Å². The Bertz CT molecular complexity index is 2010. The van der Waals surface area contributed by atoms with Crippen LogP contribution in [0.1, 0.15) is 25.6 Å². The fourth-order valence-corrected chi connectivity index (χ4v) is 6.47. The first-order valence-electron chi connectivity index (χ1n) is 14.4. The molecule has 0 saturated carbocycles. The standard InChI is InChI=1S/C33H28Br2N4O6/c1-33(2)44-27-23(17-40)43-31(28(27)45-33)39-29-26(30(41)38(32(39)42)16-18-6-4-3-5-7-18)36-24(19-8-12-21(34)13-9-19)25(37-29)20-10-14-22(35)15-11-20/h3-15,23,27-28,31,40H,16-17H2,1-2H3/t23-,27-,28-,31-/m1/s1. The molecule has 2 aliphatic rings. The highest BCUT2D eigenvalue weighted by atomic mass is 79.9. The van der Waals surface area contributed by atoms with Gasteiger partial charge in [0.1, 0.15) is 18.3 Å². The number of benzene rings is 3. The maximum Gasteiger partial charge on any atom is 0.335 e. The van der Waals surface area contributed by atoms with Gasteiger partial charge in [-0.15, -0.1) is 0 Å².